The van der Waals surface area contributed by atoms with E-state index >= 15 is 0 Å². The maximum absolute atomic E-state index is 12.4. The first-order chi connectivity index (χ1) is 8.09. The fourth-order valence-corrected chi connectivity index (χ4v) is 2.99. The summed E-state index contributed by atoms with van der Waals surface area (Å²) >= 11 is 0. The van der Waals surface area contributed by atoms with Crippen LogP contribution in [-0.2, 0) is 4.79 Å². The highest BCUT2D eigenvalue weighted by Gasteiger charge is 2.35. The Morgan fingerprint density at radius 3 is 2.59 bits per heavy atom. The summed E-state index contributed by atoms with van der Waals surface area (Å²) in [6.07, 6.45) is 3.75. The third kappa shape index (κ3) is 2.80. The highest BCUT2D eigenvalue weighted by molar-refractivity contribution is 5.82. The van der Waals surface area contributed by atoms with E-state index in [-0.39, 0.29) is 18.1 Å². The molecule has 2 aliphatic heterocycles. The van der Waals surface area contributed by atoms with Crippen LogP contribution < -0.4 is 0 Å². The first kappa shape index (κ1) is 12.8. The Morgan fingerprint density at radius 2 is 2.00 bits per heavy atom. The second-order valence-electron chi connectivity index (χ2n) is 5.57. The van der Waals surface area contributed by atoms with Gasteiger partial charge in [0.05, 0.1) is 12.1 Å². The zero-order valence-electron chi connectivity index (χ0n) is 10.9. The van der Waals surface area contributed by atoms with Crippen LogP contribution in [-0.4, -0.2) is 58.6 Å². The van der Waals surface area contributed by atoms with Gasteiger partial charge in [-0.3, -0.25) is 9.69 Å². The molecule has 2 fully saturated rings. The molecule has 1 N–H and O–H groups in total. The van der Waals surface area contributed by atoms with Crippen molar-refractivity contribution in [3.8, 4) is 0 Å². The van der Waals surface area contributed by atoms with Crippen molar-refractivity contribution in [1.82, 2.24) is 9.80 Å². The average molecular weight is 240 g/mol. The number of aliphatic hydroxyl groups is 1. The smallest absolute Gasteiger partial charge is 0.240 e. The molecule has 0 aromatic heterocycles. The van der Waals surface area contributed by atoms with Crippen LogP contribution in [0, 0.1) is 0 Å². The quantitative estimate of drug-likeness (QED) is 0.778. The van der Waals surface area contributed by atoms with Crippen LogP contribution >= 0.6 is 0 Å². The van der Waals surface area contributed by atoms with Gasteiger partial charge in [-0.05, 0) is 39.7 Å². The molecular formula is C13H24N2O2. The van der Waals surface area contributed by atoms with Gasteiger partial charge in [0.2, 0.25) is 5.91 Å². The van der Waals surface area contributed by atoms with E-state index in [2.05, 4.69) is 18.7 Å². The minimum absolute atomic E-state index is 0.0500. The Hall–Kier alpha value is -0.610. The van der Waals surface area contributed by atoms with E-state index in [1.54, 1.807) is 0 Å². The predicted octanol–water partition coefficient (Wildman–Crippen LogP) is 0.843. The maximum atomic E-state index is 12.4. The van der Waals surface area contributed by atoms with Gasteiger partial charge in [0.1, 0.15) is 0 Å². The first-order valence-electron chi connectivity index (χ1n) is 6.82. The molecule has 2 atom stereocenters. The molecule has 1 amide bonds. The van der Waals surface area contributed by atoms with Crippen LogP contribution in [0.25, 0.3) is 0 Å². The van der Waals surface area contributed by atoms with Gasteiger partial charge in [0, 0.05) is 19.1 Å². The third-order valence-corrected chi connectivity index (χ3v) is 3.97. The first-order valence-corrected chi connectivity index (χ1v) is 6.82. The largest absolute Gasteiger partial charge is 0.391 e. The van der Waals surface area contributed by atoms with E-state index < -0.39 is 0 Å². The van der Waals surface area contributed by atoms with E-state index in [4.69, 9.17) is 0 Å². The van der Waals surface area contributed by atoms with E-state index in [1.165, 1.54) is 6.42 Å². The number of carbonyl (C=O) groups is 1. The Balaban J connectivity index is 2.01. The van der Waals surface area contributed by atoms with Crippen LogP contribution in [0.4, 0.5) is 0 Å². The minimum atomic E-state index is -0.310. The van der Waals surface area contributed by atoms with Crippen molar-refractivity contribution in [2.45, 2.75) is 57.7 Å². The Labute approximate surface area is 104 Å². The van der Waals surface area contributed by atoms with Crippen LogP contribution in [0.3, 0.4) is 0 Å². The highest BCUT2D eigenvalue weighted by atomic mass is 16.3. The van der Waals surface area contributed by atoms with Crippen molar-refractivity contribution >= 4 is 5.91 Å². The van der Waals surface area contributed by atoms with E-state index in [1.807, 2.05) is 4.90 Å². The third-order valence-electron chi connectivity index (χ3n) is 3.97. The summed E-state index contributed by atoms with van der Waals surface area (Å²) in [6.45, 7) is 6.60. The summed E-state index contributed by atoms with van der Waals surface area (Å²) in [5, 5.41) is 9.51. The second kappa shape index (κ2) is 5.36. The van der Waals surface area contributed by atoms with E-state index in [0.29, 0.717) is 12.6 Å². The van der Waals surface area contributed by atoms with Gasteiger partial charge in [-0.25, -0.2) is 0 Å². The molecule has 0 spiro atoms. The number of rotatable bonds is 2. The van der Waals surface area contributed by atoms with E-state index in [9.17, 15) is 9.90 Å². The summed E-state index contributed by atoms with van der Waals surface area (Å²) in [5.74, 6) is 0.231. The number of carbonyl (C=O) groups excluding carboxylic acids is 1. The molecule has 98 valence electrons. The van der Waals surface area contributed by atoms with E-state index in [0.717, 1.165) is 32.4 Å². The normalized spacial score (nSPS) is 31.2. The van der Waals surface area contributed by atoms with Crippen LogP contribution in [0.1, 0.15) is 39.5 Å². The molecule has 0 aromatic rings. The van der Waals surface area contributed by atoms with Gasteiger partial charge in [0.25, 0.3) is 0 Å². The molecule has 0 radical (unpaired) electrons. The van der Waals surface area contributed by atoms with Gasteiger partial charge in [-0.15, -0.1) is 0 Å². The lowest BCUT2D eigenvalue weighted by Gasteiger charge is -2.39. The minimum Gasteiger partial charge on any atom is -0.391 e. The van der Waals surface area contributed by atoms with Crippen molar-refractivity contribution in [2.24, 2.45) is 0 Å². The molecule has 0 aliphatic carbocycles. The Kier molecular flexibility index (Phi) is 4.05. The van der Waals surface area contributed by atoms with Crippen molar-refractivity contribution in [2.75, 3.05) is 19.6 Å². The lowest BCUT2D eigenvalue weighted by molar-refractivity contribution is -0.138. The number of hydrogen-bond donors (Lipinski definition) is 1. The van der Waals surface area contributed by atoms with Crippen LogP contribution in [0.2, 0.25) is 0 Å². The molecule has 4 nitrogen and oxygen atoms in total. The Bertz CT molecular complexity index is 281. The van der Waals surface area contributed by atoms with Gasteiger partial charge in [-0.2, -0.15) is 0 Å². The molecule has 4 heteroatoms. The number of hydrogen-bond acceptors (Lipinski definition) is 3. The SMILES string of the molecule is CC(C)N1CCCCC1C(=O)N1CC[C@@H](O)C1. The van der Waals surface area contributed by atoms with Crippen molar-refractivity contribution in [3.63, 3.8) is 0 Å². The summed E-state index contributed by atoms with van der Waals surface area (Å²) in [5.41, 5.74) is 0. The predicted molar refractivity (Wildman–Crippen MR) is 66.7 cm³/mol. The number of nitrogens with zero attached hydrogens (tertiary/aromatic N) is 2. The van der Waals surface area contributed by atoms with Crippen molar-refractivity contribution in [3.05, 3.63) is 0 Å². The molecule has 2 rings (SSSR count). The number of β-amino-alcohol motifs (C(OH)–C–C–N with tert-alkyl or cyclic N) is 1. The van der Waals surface area contributed by atoms with Crippen LogP contribution in [0.15, 0.2) is 0 Å². The molecule has 0 bridgehead atoms. The molecular weight excluding hydrogens is 216 g/mol. The maximum Gasteiger partial charge on any atom is 0.240 e. The molecule has 2 heterocycles. The van der Waals surface area contributed by atoms with Crippen molar-refractivity contribution < 1.29 is 9.90 Å². The second-order valence-corrected chi connectivity index (χ2v) is 5.57. The highest BCUT2D eigenvalue weighted by Crippen LogP contribution is 2.23. The van der Waals surface area contributed by atoms with Crippen LogP contribution in [0.5, 0.6) is 0 Å². The van der Waals surface area contributed by atoms with Gasteiger partial charge in [0.15, 0.2) is 0 Å². The zero-order chi connectivity index (χ0) is 12.4. The number of aliphatic hydroxyl groups excluding tert-OH is 1. The molecule has 2 aliphatic rings. The van der Waals surface area contributed by atoms with Crippen molar-refractivity contribution in [1.29, 1.82) is 0 Å². The topological polar surface area (TPSA) is 43.8 Å². The molecule has 0 saturated carbocycles. The number of piperidine rings is 1. The van der Waals surface area contributed by atoms with Gasteiger partial charge >= 0.3 is 0 Å². The summed E-state index contributed by atoms with van der Waals surface area (Å²) in [7, 11) is 0. The fourth-order valence-electron chi connectivity index (χ4n) is 2.99. The summed E-state index contributed by atoms with van der Waals surface area (Å²) in [4.78, 5) is 16.6. The van der Waals surface area contributed by atoms with Gasteiger partial charge in [-0.1, -0.05) is 6.42 Å². The summed E-state index contributed by atoms with van der Waals surface area (Å²) in [6, 6.07) is 0.478. The molecule has 0 aromatic carbocycles. The fraction of sp³-hybridized carbons (Fsp3) is 0.923. The zero-order valence-corrected chi connectivity index (χ0v) is 10.9. The van der Waals surface area contributed by atoms with Gasteiger partial charge < -0.3 is 10.0 Å². The molecule has 17 heavy (non-hydrogen) atoms. The average Bonchev–Trinajstić information content (AvgIpc) is 2.75. The number of likely N-dealkylation sites (tertiary alicyclic amines) is 2. The lowest BCUT2D eigenvalue weighted by atomic mass is 9.99. The molecule has 2 saturated heterocycles. The summed E-state index contributed by atoms with van der Waals surface area (Å²) < 4.78 is 0. The molecule has 1 unspecified atom stereocenters. The number of amides is 1. The lowest BCUT2D eigenvalue weighted by Crippen LogP contribution is -2.52. The Morgan fingerprint density at radius 1 is 1.24 bits per heavy atom. The monoisotopic (exact) mass is 240 g/mol. The standard InChI is InChI=1S/C13H24N2O2/c1-10(2)15-7-4-3-5-12(15)13(17)14-8-6-11(16)9-14/h10-12,16H,3-9H2,1-2H3/t11-,12?/m1/s1.